The lowest BCUT2D eigenvalue weighted by atomic mass is 9.95. The average Bonchev–Trinajstić information content (AvgIpc) is 3.36. The summed E-state index contributed by atoms with van der Waals surface area (Å²) in [4.78, 5) is 4.60. The summed E-state index contributed by atoms with van der Waals surface area (Å²) < 4.78 is 1.73. The first-order chi connectivity index (χ1) is 19.1. The number of aromatic nitrogens is 3. The highest BCUT2D eigenvalue weighted by Crippen LogP contribution is 2.42. The van der Waals surface area contributed by atoms with Crippen molar-refractivity contribution in [2.24, 2.45) is 0 Å². The van der Waals surface area contributed by atoms with Crippen LogP contribution in [-0.4, -0.2) is 51.1 Å². The second-order valence-electron chi connectivity index (χ2n) is 9.08. The minimum absolute atomic E-state index is 0.0649. The lowest BCUT2D eigenvalue weighted by molar-refractivity contribution is 0.291. The lowest BCUT2D eigenvalue weighted by Gasteiger charge is -2.14. The Kier molecular flexibility index (Phi) is 8.88. The summed E-state index contributed by atoms with van der Waals surface area (Å²) in [5.41, 5.74) is 7.30. The van der Waals surface area contributed by atoms with Crippen molar-refractivity contribution in [2.45, 2.75) is 13.1 Å². The second-order valence-corrected chi connectivity index (χ2v) is 9.83. The molecule has 0 spiro atoms. The molecule has 0 saturated carbocycles. The quantitative estimate of drug-likeness (QED) is 0.165. The van der Waals surface area contributed by atoms with Gasteiger partial charge >= 0.3 is 0 Å². The van der Waals surface area contributed by atoms with Crippen LogP contribution in [0.15, 0.2) is 79.0 Å². The molecule has 39 heavy (non-hydrogen) atoms. The first kappa shape index (κ1) is 27.3. The topological polar surface area (TPSA) is 94.7 Å². The summed E-state index contributed by atoms with van der Waals surface area (Å²) in [6, 6.07) is 24.1. The molecule has 2 heterocycles. The molecule has 0 radical (unpaired) electrons. The van der Waals surface area contributed by atoms with Crippen LogP contribution in [-0.2, 0) is 13.1 Å². The number of hydrogen-bond donors (Lipinski definition) is 4. The van der Waals surface area contributed by atoms with E-state index in [0.717, 1.165) is 38.9 Å². The van der Waals surface area contributed by atoms with Gasteiger partial charge in [-0.1, -0.05) is 83.9 Å². The van der Waals surface area contributed by atoms with E-state index >= 15 is 0 Å². The summed E-state index contributed by atoms with van der Waals surface area (Å²) in [5.74, 6) is 0.651. The predicted molar refractivity (Wildman–Crippen MR) is 157 cm³/mol. The van der Waals surface area contributed by atoms with Crippen molar-refractivity contribution in [2.75, 3.05) is 26.3 Å². The second kappa shape index (κ2) is 12.7. The highest BCUT2D eigenvalue weighted by atomic mass is 35.5. The van der Waals surface area contributed by atoms with Gasteiger partial charge in [-0.15, -0.1) is 5.10 Å². The van der Waals surface area contributed by atoms with Crippen LogP contribution in [0.2, 0.25) is 10.0 Å². The van der Waals surface area contributed by atoms with E-state index in [9.17, 15) is 0 Å². The zero-order chi connectivity index (χ0) is 27.2. The van der Waals surface area contributed by atoms with Gasteiger partial charge in [0.05, 0.1) is 29.8 Å². The van der Waals surface area contributed by atoms with E-state index in [1.165, 1.54) is 0 Å². The van der Waals surface area contributed by atoms with Crippen molar-refractivity contribution < 1.29 is 10.2 Å². The van der Waals surface area contributed by atoms with Crippen LogP contribution in [0.5, 0.6) is 0 Å². The zero-order valence-corrected chi connectivity index (χ0v) is 22.8. The van der Waals surface area contributed by atoms with E-state index in [4.69, 9.17) is 33.4 Å². The summed E-state index contributed by atoms with van der Waals surface area (Å²) in [6.45, 7) is 2.40. The van der Waals surface area contributed by atoms with E-state index < -0.39 is 0 Å². The molecule has 0 aliphatic carbocycles. The molecule has 7 nitrogen and oxygen atoms in total. The Bertz CT molecular complexity index is 1570. The van der Waals surface area contributed by atoms with Gasteiger partial charge in [0.2, 0.25) is 0 Å². The molecule has 5 rings (SSSR count). The predicted octanol–water partition coefficient (Wildman–Crippen LogP) is 5.20. The SMILES string of the molecule is OCCNCc1ccc(-c2cccc(-c3cccc(-c4ccn5nc(CNCCO)nc5c4)c3Cl)c2Cl)cc1. The number of nitrogens with zero attached hydrogens (tertiary/aromatic N) is 3. The number of halogens is 2. The van der Waals surface area contributed by atoms with Gasteiger partial charge in [0.1, 0.15) is 0 Å². The summed E-state index contributed by atoms with van der Waals surface area (Å²) in [6.07, 6.45) is 1.87. The molecule has 2 aromatic heterocycles. The molecule has 0 atom stereocenters. The van der Waals surface area contributed by atoms with Gasteiger partial charge in [-0.05, 0) is 28.8 Å². The number of aliphatic hydroxyl groups excluding tert-OH is 2. The Balaban J connectivity index is 1.44. The monoisotopic (exact) mass is 561 g/mol. The van der Waals surface area contributed by atoms with Crippen molar-refractivity contribution >= 4 is 28.8 Å². The molecule has 0 aliphatic rings. The standard InChI is InChI=1S/C30H29Cl2N5O2/c31-29-23(21-9-7-20(8-10-21)18-33-12-15-38)3-1-5-25(29)26-6-2-4-24(30(26)32)22-11-14-37-28(17-22)35-27(36-37)19-34-13-16-39/h1-11,14,17,33-34,38-39H,12-13,15-16,18-19H2. The maximum absolute atomic E-state index is 8.97. The molecule has 0 amide bonds. The number of pyridine rings is 1. The number of hydrogen-bond acceptors (Lipinski definition) is 6. The number of fused-ring (bicyclic) bond motifs is 1. The summed E-state index contributed by atoms with van der Waals surface area (Å²) >= 11 is 14.0. The summed E-state index contributed by atoms with van der Waals surface area (Å²) in [5, 5.41) is 29.9. The number of rotatable bonds is 11. The number of nitrogens with one attached hydrogen (secondary N) is 2. The van der Waals surface area contributed by atoms with Gasteiger partial charge in [0.15, 0.2) is 11.5 Å². The maximum atomic E-state index is 8.97. The van der Waals surface area contributed by atoms with E-state index in [1.54, 1.807) is 4.52 Å². The fourth-order valence-corrected chi connectivity index (χ4v) is 5.16. The largest absolute Gasteiger partial charge is 0.395 e. The van der Waals surface area contributed by atoms with Crippen LogP contribution in [0.3, 0.4) is 0 Å². The lowest BCUT2D eigenvalue weighted by Crippen LogP contribution is -2.18. The highest BCUT2D eigenvalue weighted by molar-refractivity contribution is 6.39. The Hall–Kier alpha value is -3.30. The number of benzene rings is 3. The van der Waals surface area contributed by atoms with E-state index in [1.807, 2.05) is 54.7 Å². The zero-order valence-electron chi connectivity index (χ0n) is 21.2. The highest BCUT2D eigenvalue weighted by Gasteiger charge is 2.16. The third-order valence-corrected chi connectivity index (χ3v) is 7.25. The molecular formula is C30H29Cl2N5O2. The first-order valence-corrected chi connectivity index (χ1v) is 13.5. The molecule has 9 heteroatoms. The first-order valence-electron chi connectivity index (χ1n) is 12.7. The van der Waals surface area contributed by atoms with Crippen LogP contribution in [0.4, 0.5) is 0 Å². The molecule has 0 bridgehead atoms. The fourth-order valence-electron chi connectivity index (χ4n) is 4.49. The Morgan fingerprint density at radius 1 is 0.692 bits per heavy atom. The molecule has 0 saturated heterocycles. The third-order valence-electron chi connectivity index (χ3n) is 6.43. The Morgan fingerprint density at radius 3 is 1.92 bits per heavy atom. The Morgan fingerprint density at radius 2 is 1.28 bits per heavy atom. The van der Waals surface area contributed by atoms with Crippen molar-refractivity contribution in [1.82, 2.24) is 25.2 Å². The average molecular weight is 563 g/mol. The molecule has 200 valence electrons. The smallest absolute Gasteiger partial charge is 0.165 e. The van der Waals surface area contributed by atoms with Crippen LogP contribution >= 0.6 is 23.2 Å². The Labute approximate surface area is 237 Å². The van der Waals surface area contributed by atoms with Crippen LogP contribution < -0.4 is 10.6 Å². The molecule has 5 aromatic rings. The van der Waals surface area contributed by atoms with E-state index in [0.29, 0.717) is 47.7 Å². The van der Waals surface area contributed by atoms with E-state index in [2.05, 4.69) is 45.0 Å². The van der Waals surface area contributed by atoms with Crippen LogP contribution in [0, 0.1) is 0 Å². The maximum Gasteiger partial charge on any atom is 0.165 e. The van der Waals surface area contributed by atoms with Crippen LogP contribution in [0.25, 0.3) is 39.0 Å². The van der Waals surface area contributed by atoms with Crippen molar-refractivity contribution in [3.05, 3.63) is 100 Å². The van der Waals surface area contributed by atoms with Gasteiger partial charge in [-0.2, -0.15) is 0 Å². The molecule has 0 aliphatic heterocycles. The van der Waals surface area contributed by atoms with Crippen LogP contribution in [0.1, 0.15) is 11.4 Å². The third kappa shape index (κ3) is 6.15. The minimum Gasteiger partial charge on any atom is -0.395 e. The van der Waals surface area contributed by atoms with Crippen molar-refractivity contribution in [3.63, 3.8) is 0 Å². The van der Waals surface area contributed by atoms with Crippen molar-refractivity contribution in [1.29, 1.82) is 0 Å². The van der Waals surface area contributed by atoms with Gasteiger partial charge in [0.25, 0.3) is 0 Å². The molecule has 4 N–H and O–H groups in total. The fraction of sp³-hybridized carbons (Fsp3) is 0.200. The summed E-state index contributed by atoms with van der Waals surface area (Å²) in [7, 11) is 0. The van der Waals surface area contributed by atoms with Crippen molar-refractivity contribution in [3.8, 4) is 33.4 Å². The normalized spacial score (nSPS) is 11.4. The van der Waals surface area contributed by atoms with Gasteiger partial charge in [-0.3, -0.25) is 0 Å². The molecular weight excluding hydrogens is 533 g/mol. The minimum atomic E-state index is 0.0649. The molecule has 0 fully saturated rings. The van der Waals surface area contributed by atoms with E-state index in [-0.39, 0.29) is 13.2 Å². The number of aliphatic hydroxyl groups is 2. The van der Waals surface area contributed by atoms with Gasteiger partial charge < -0.3 is 20.8 Å². The van der Waals surface area contributed by atoms with Gasteiger partial charge in [-0.25, -0.2) is 9.50 Å². The van der Waals surface area contributed by atoms with Gasteiger partial charge in [0, 0.05) is 48.1 Å². The molecule has 3 aromatic carbocycles. The molecule has 0 unspecified atom stereocenters.